The molecule has 0 aliphatic heterocycles. The minimum absolute atomic E-state index is 0.241. The Bertz CT molecular complexity index is 389. The van der Waals surface area contributed by atoms with E-state index in [0.717, 1.165) is 12.8 Å². The van der Waals surface area contributed by atoms with Crippen molar-refractivity contribution in [3.8, 4) is 5.75 Å². The highest BCUT2D eigenvalue weighted by molar-refractivity contribution is 7.12. The molecule has 2 rings (SSSR count). The van der Waals surface area contributed by atoms with E-state index in [1.54, 1.807) is 11.4 Å². The molecule has 2 atom stereocenters. The van der Waals surface area contributed by atoms with Crippen LogP contribution < -0.4 is 4.74 Å². The van der Waals surface area contributed by atoms with Gasteiger partial charge in [-0.15, -0.1) is 11.3 Å². The van der Waals surface area contributed by atoms with Crippen LogP contribution in [0.15, 0.2) is 11.4 Å². The number of carboxylic acids is 1. The third kappa shape index (κ3) is 3.22. The fourth-order valence-corrected chi connectivity index (χ4v) is 3.31. The maximum absolute atomic E-state index is 10.8. The lowest BCUT2D eigenvalue weighted by atomic mass is 9.82. The molecule has 1 aromatic rings. The molecule has 0 radical (unpaired) electrons. The molecule has 94 valence electrons. The minimum atomic E-state index is -0.879. The van der Waals surface area contributed by atoms with Crippen LogP contribution in [0.5, 0.6) is 5.75 Å². The summed E-state index contributed by atoms with van der Waals surface area (Å²) in [6, 6.07) is 1.62. The summed E-state index contributed by atoms with van der Waals surface area (Å²) in [7, 11) is 0. The number of carbonyl (C=O) groups is 1. The van der Waals surface area contributed by atoms with Crippen molar-refractivity contribution < 1.29 is 14.6 Å². The Balaban J connectivity index is 1.97. The third-order valence-corrected chi connectivity index (χ3v) is 4.12. The van der Waals surface area contributed by atoms with Gasteiger partial charge in [0.05, 0.1) is 6.10 Å². The first-order valence-electron chi connectivity index (χ1n) is 6.03. The Morgan fingerprint density at radius 2 is 2.00 bits per heavy atom. The van der Waals surface area contributed by atoms with Gasteiger partial charge in [0.15, 0.2) is 0 Å². The highest BCUT2D eigenvalue weighted by atomic mass is 32.1. The standard InChI is InChI=1S/C13H18O3S/c1-8-3-9(2)5-10(4-8)16-11-6-12(13(14)15)17-7-11/h6-10H,3-5H2,1-2H3,(H,14,15). The second-order valence-electron chi connectivity index (χ2n) is 5.11. The number of carboxylic acid groups (broad SMARTS) is 1. The van der Waals surface area contributed by atoms with Gasteiger partial charge >= 0.3 is 5.97 Å². The maximum atomic E-state index is 10.8. The van der Waals surface area contributed by atoms with Gasteiger partial charge in [-0.05, 0) is 31.1 Å². The van der Waals surface area contributed by atoms with Gasteiger partial charge in [0.2, 0.25) is 0 Å². The van der Waals surface area contributed by atoms with Crippen LogP contribution in [0, 0.1) is 11.8 Å². The van der Waals surface area contributed by atoms with Gasteiger partial charge in [-0.2, -0.15) is 0 Å². The molecule has 0 aromatic carbocycles. The molecule has 0 amide bonds. The summed E-state index contributed by atoms with van der Waals surface area (Å²) < 4.78 is 5.87. The number of hydrogen-bond donors (Lipinski definition) is 1. The molecule has 17 heavy (non-hydrogen) atoms. The zero-order valence-electron chi connectivity index (χ0n) is 10.2. The van der Waals surface area contributed by atoms with Gasteiger partial charge in [0.25, 0.3) is 0 Å². The van der Waals surface area contributed by atoms with Crippen molar-refractivity contribution in [1.82, 2.24) is 0 Å². The molecule has 2 unspecified atom stereocenters. The second kappa shape index (κ2) is 5.08. The highest BCUT2D eigenvalue weighted by Crippen LogP contribution is 2.32. The topological polar surface area (TPSA) is 46.5 Å². The highest BCUT2D eigenvalue weighted by Gasteiger charge is 2.25. The van der Waals surface area contributed by atoms with E-state index >= 15 is 0 Å². The van der Waals surface area contributed by atoms with Crippen molar-refractivity contribution in [1.29, 1.82) is 0 Å². The first-order valence-corrected chi connectivity index (χ1v) is 6.91. The number of rotatable bonds is 3. The van der Waals surface area contributed by atoms with E-state index in [9.17, 15) is 4.79 Å². The van der Waals surface area contributed by atoms with E-state index in [4.69, 9.17) is 9.84 Å². The van der Waals surface area contributed by atoms with E-state index in [0.29, 0.717) is 22.5 Å². The summed E-state index contributed by atoms with van der Waals surface area (Å²) in [6.45, 7) is 4.50. The normalized spacial score (nSPS) is 28.9. The average molecular weight is 254 g/mol. The molecule has 0 bridgehead atoms. The number of thiophene rings is 1. The van der Waals surface area contributed by atoms with Gasteiger partial charge in [0.1, 0.15) is 10.6 Å². The molecule has 4 heteroatoms. The predicted molar refractivity (Wildman–Crippen MR) is 67.9 cm³/mol. The van der Waals surface area contributed by atoms with E-state index in [1.165, 1.54) is 17.8 Å². The molecule has 1 aliphatic carbocycles. The molecule has 1 aromatic heterocycles. The van der Waals surface area contributed by atoms with Crippen LogP contribution in [0.1, 0.15) is 42.8 Å². The fourth-order valence-electron chi connectivity index (χ4n) is 2.65. The van der Waals surface area contributed by atoms with Crippen molar-refractivity contribution in [2.75, 3.05) is 0 Å². The molecule has 0 spiro atoms. The summed E-state index contributed by atoms with van der Waals surface area (Å²) in [5.41, 5.74) is 0. The van der Waals surface area contributed by atoms with Crippen molar-refractivity contribution in [3.63, 3.8) is 0 Å². The summed E-state index contributed by atoms with van der Waals surface area (Å²) >= 11 is 1.22. The zero-order valence-corrected chi connectivity index (χ0v) is 11.0. The first kappa shape index (κ1) is 12.4. The Morgan fingerprint density at radius 3 is 2.53 bits per heavy atom. The first-order chi connectivity index (χ1) is 8.04. The summed E-state index contributed by atoms with van der Waals surface area (Å²) in [4.78, 5) is 11.1. The zero-order chi connectivity index (χ0) is 12.4. The molecular formula is C13H18O3S. The van der Waals surface area contributed by atoms with Crippen molar-refractivity contribution >= 4 is 17.3 Å². The third-order valence-electron chi connectivity index (χ3n) is 3.22. The molecule has 1 saturated carbocycles. The fraction of sp³-hybridized carbons (Fsp3) is 0.615. The van der Waals surface area contributed by atoms with Gasteiger partial charge < -0.3 is 9.84 Å². The lowest BCUT2D eigenvalue weighted by Crippen LogP contribution is -2.28. The lowest BCUT2D eigenvalue weighted by Gasteiger charge is -2.31. The van der Waals surface area contributed by atoms with Crippen molar-refractivity contribution in [2.24, 2.45) is 11.8 Å². The van der Waals surface area contributed by atoms with Gasteiger partial charge in [0, 0.05) is 11.4 Å². The second-order valence-corrected chi connectivity index (χ2v) is 6.02. The van der Waals surface area contributed by atoms with E-state index in [2.05, 4.69) is 13.8 Å². The van der Waals surface area contributed by atoms with Crippen LogP contribution in [-0.2, 0) is 0 Å². The predicted octanol–water partition coefficient (Wildman–Crippen LogP) is 3.65. The Labute approximate surface area is 105 Å². The van der Waals surface area contributed by atoms with Crippen LogP contribution in [0.4, 0.5) is 0 Å². The van der Waals surface area contributed by atoms with Gasteiger partial charge in [-0.1, -0.05) is 13.8 Å². The van der Waals surface area contributed by atoms with Crippen LogP contribution in [0.25, 0.3) is 0 Å². The van der Waals surface area contributed by atoms with E-state index in [1.807, 2.05) is 0 Å². The smallest absolute Gasteiger partial charge is 0.346 e. The van der Waals surface area contributed by atoms with Crippen LogP contribution >= 0.6 is 11.3 Å². The molecule has 0 saturated heterocycles. The van der Waals surface area contributed by atoms with E-state index < -0.39 is 5.97 Å². The monoisotopic (exact) mass is 254 g/mol. The molecule has 1 fully saturated rings. The molecule has 1 aliphatic rings. The molecule has 1 heterocycles. The van der Waals surface area contributed by atoms with Crippen LogP contribution in [0.3, 0.4) is 0 Å². The van der Waals surface area contributed by atoms with Crippen LogP contribution in [0.2, 0.25) is 0 Å². The maximum Gasteiger partial charge on any atom is 0.346 e. The number of aromatic carboxylic acids is 1. The molecule has 1 N–H and O–H groups in total. The van der Waals surface area contributed by atoms with E-state index in [-0.39, 0.29) is 6.10 Å². The quantitative estimate of drug-likeness (QED) is 0.895. The number of hydrogen-bond acceptors (Lipinski definition) is 3. The SMILES string of the molecule is CC1CC(C)CC(Oc2csc(C(=O)O)c2)C1. The van der Waals surface area contributed by atoms with Gasteiger partial charge in [-0.25, -0.2) is 4.79 Å². The summed E-state index contributed by atoms with van der Waals surface area (Å²) in [5.74, 6) is 1.22. The molecular weight excluding hydrogens is 236 g/mol. The van der Waals surface area contributed by atoms with Crippen molar-refractivity contribution in [3.05, 3.63) is 16.3 Å². The lowest BCUT2D eigenvalue weighted by molar-refractivity contribution is 0.0700. The average Bonchev–Trinajstić information content (AvgIpc) is 2.64. The van der Waals surface area contributed by atoms with Gasteiger partial charge in [-0.3, -0.25) is 0 Å². The van der Waals surface area contributed by atoms with Crippen molar-refractivity contribution in [2.45, 2.75) is 39.2 Å². The Hall–Kier alpha value is -1.03. The summed E-state index contributed by atoms with van der Waals surface area (Å²) in [5, 5.41) is 10.6. The molecule has 3 nitrogen and oxygen atoms in total. The Kier molecular flexibility index (Phi) is 3.72. The number of ether oxygens (including phenoxy) is 1. The summed E-state index contributed by atoms with van der Waals surface area (Å²) in [6.07, 6.45) is 3.65. The minimum Gasteiger partial charge on any atom is -0.490 e. The van der Waals surface area contributed by atoms with Crippen LogP contribution in [-0.4, -0.2) is 17.2 Å². The Morgan fingerprint density at radius 1 is 1.35 bits per heavy atom. The largest absolute Gasteiger partial charge is 0.490 e.